The number of nitrogens with zero attached hydrogens (tertiary/aromatic N) is 2. The van der Waals surface area contributed by atoms with E-state index in [9.17, 15) is 19.7 Å². The van der Waals surface area contributed by atoms with Gasteiger partial charge in [0.1, 0.15) is 5.56 Å². The number of aromatic carboxylic acids is 1. The quantitative estimate of drug-likeness (QED) is 0.688. The zero-order valence-corrected chi connectivity index (χ0v) is 11.3. The lowest BCUT2D eigenvalue weighted by Crippen LogP contribution is -2.26. The fourth-order valence-corrected chi connectivity index (χ4v) is 2.06. The van der Waals surface area contributed by atoms with Crippen molar-refractivity contribution >= 4 is 23.3 Å². The number of aromatic nitrogens is 1. The highest BCUT2D eigenvalue weighted by atomic mass is 35.5. The van der Waals surface area contributed by atoms with Crippen molar-refractivity contribution in [1.82, 2.24) is 4.57 Å². The molecular formula is C13H9ClN2O5. The average Bonchev–Trinajstić information content (AvgIpc) is 2.40. The van der Waals surface area contributed by atoms with Crippen LogP contribution in [0.15, 0.2) is 41.3 Å². The van der Waals surface area contributed by atoms with Crippen molar-refractivity contribution in [2.75, 3.05) is 0 Å². The third kappa shape index (κ3) is 3.09. The summed E-state index contributed by atoms with van der Waals surface area (Å²) >= 11 is 5.81. The second kappa shape index (κ2) is 5.76. The molecule has 2 rings (SSSR count). The number of hydrogen-bond acceptors (Lipinski definition) is 4. The standard InChI is InChI=1S/C13H9ClN2O5/c14-9-3-4-11(16(20)21)8(6-9)7-15-5-1-2-10(12(15)17)13(18)19/h1-6H,7H2,(H,18,19). The fourth-order valence-electron chi connectivity index (χ4n) is 1.87. The Labute approximate surface area is 123 Å². The SMILES string of the molecule is O=C(O)c1cccn(Cc2cc(Cl)ccc2[N+](=O)[O-])c1=O. The highest BCUT2D eigenvalue weighted by molar-refractivity contribution is 6.30. The fraction of sp³-hybridized carbons (Fsp3) is 0.0769. The van der Waals surface area contributed by atoms with Gasteiger partial charge in [-0.1, -0.05) is 11.6 Å². The number of halogens is 1. The Bertz CT molecular complexity index is 784. The number of carboxylic acid groups (broad SMARTS) is 1. The molecule has 2 aromatic rings. The maximum absolute atomic E-state index is 12.0. The predicted molar refractivity (Wildman–Crippen MR) is 74.9 cm³/mol. The Hall–Kier alpha value is -2.67. The van der Waals surface area contributed by atoms with Crippen LogP contribution in [0.3, 0.4) is 0 Å². The van der Waals surface area contributed by atoms with Gasteiger partial charge < -0.3 is 9.67 Å². The van der Waals surface area contributed by atoms with E-state index >= 15 is 0 Å². The average molecular weight is 309 g/mol. The molecule has 0 amide bonds. The molecule has 0 fully saturated rings. The molecule has 1 N–H and O–H groups in total. The van der Waals surface area contributed by atoms with E-state index in [1.165, 1.54) is 36.5 Å². The second-order valence-electron chi connectivity index (χ2n) is 4.19. The van der Waals surface area contributed by atoms with Crippen molar-refractivity contribution < 1.29 is 14.8 Å². The maximum atomic E-state index is 12.0. The lowest BCUT2D eigenvalue weighted by Gasteiger charge is -2.07. The first-order valence-corrected chi connectivity index (χ1v) is 6.13. The highest BCUT2D eigenvalue weighted by Gasteiger charge is 2.16. The number of nitro benzene ring substituents is 1. The first-order valence-electron chi connectivity index (χ1n) is 5.75. The number of benzene rings is 1. The van der Waals surface area contributed by atoms with Gasteiger partial charge in [0.15, 0.2) is 0 Å². The van der Waals surface area contributed by atoms with Crippen LogP contribution in [0.5, 0.6) is 0 Å². The molecule has 0 radical (unpaired) electrons. The van der Waals surface area contributed by atoms with Gasteiger partial charge in [0.2, 0.25) is 0 Å². The summed E-state index contributed by atoms with van der Waals surface area (Å²) in [6, 6.07) is 6.55. The minimum absolute atomic E-state index is 0.142. The van der Waals surface area contributed by atoms with Crippen molar-refractivity contribution in [3.63, 3.8) is 0 Å². The molecule has 0 bridgehead atoms. The van der Waals surface area contributed by atoms with Crippen LogP contribution >= 0.6 is 11.6 Å². The second-order valence-corrected chi connectivity index (χ2v) is 4.63. The monoisotopic (exact) mass is 308 g/mol. The normalized spacial score (nSPS) is 10.3. The van der Waals surface area contributed by atoms with Crippen molar-refractivity contribution in [3.05, 3.63) is 73.1 Å². The molecule has 21 heavy (non-hydrogen) atoms. The molecule has 1 aromatic carbocycles. The Morgan fingerprint density at radius 3 is 2.71 bits per heavy atom. The molecule has 0 aliphatic heterocycles. The lowest BCUT2D eigenvalue weighted by atomic mass is 10.1. The van der Waals surface area contributed by atoms with Crippen LogP contribution in [0.2, 0.25) is 5.02 Å². The topological polar surface area (TPSA) is 102 Å². The van der Waals surface area contributed by atoms with E-state index in [4.69, 9.17) is 16.7 Å². The Morgan fingerprint density at radius 1 is 1.38 bits per heavy atom. The van der Waals surface area contributed by atoms with Gasteiger partial charge in [-0.2, -0.15) is 0 Å². The van der Waals surface area contributed by atoms with E-state index in [0.717, 1.165) is 4.57 Å². The minimum Gasteiger partial charge on any atom is -0.477 e. The third-order valence-corrected chi connectivity index (χ3v) is 3.06. The van der Waals surface area contributed by atoms with Crippen LogP contribution in [0.4, 0.5) is 5.69 Å². The van der Waals surface area contributed by atoms with Crippen LogP contribution < -0.4 is 5.56 Å². The van der Waals surface area contributed by atoms with Gasteiger partial charge in [-0.25, -0.2) is 4.79 Å². The van der Waals surface area contributed by atoms with E-state index < -0.39 is 22.0 Å². The summed E-state index contributed by atoms with van der Waals surface area (Å²) < 4.78 is 1.09. The number of hydrogen-bond donors (Lipinski definition) is 1. The van der Waals surface area contributed by atoms with E-state index in [0.29, 0.717) is 0 Å². The van der Waals surface area contributed by atoms with Gasteiger partial charge in [0.05, 0.1) is 17.0 Å². The molecule has 0 unspecified atom stereocenters. The van der Waals surface area contributed by atoms with Crippen LogP contribution in [0.25, 0.3) is 0 Å². The maximum Gasteiger partial charge on any atom is 0.341 e. The van der Waals surface area contributed by atoms with Gasteiger partial charge >= 0.3 is 5.97 Å². The van der Waals surface area contributed by atoms with Crippen LogP contribution in [0.1, 0.15) is 15.9 Å². The van der Waals surface area contributed by atoms with Gasteiger partial charge in [-0.3, -0.25) is 14.9 Å². The van der Waals surface area contributed by atoms with Gasteiger partial charge in [0, 0.05) is 17.3 Å². The summed E-state index contributed by atoms with van der Waals surface area (Å²) in [6.07, 6.45) is 1.36. The molecule has 0 atom stereocenters. The molecule has 0 aliphatic carbocycles. The molecule has 0 aliphatic rings. The van der Waals surface area contributed by atoms with E-state index in [2.05, 4.69) is 0 Å². The van der Waals surface area contributed by atoms with Crippen molar-refractivity contribution in [1.29, 1.82) is 0 Å². The summed E-state index contributed by atoms with van der Waals surface area (Å²) in [7, 11) is 0. The van der Waals surface area contributed by atoms with Crippen LogP contribution in [-0.4, -0.2) is 20.6 Å². The molecule has 0 spiro atoms. The van der Waals surface area contributed by atoms with Crippen molar-refractivity contribution in [2.45, 2.75) is 6.54 Å². The molecule has 0 saturated heterocycles. The Balaban J connectivity index is 2.51. The Kier molecular flexibility index (Phi) is 4.04. The molecule has 1 aromatic heterocycles. The smallest absolute Gasteiger partial charge is 0.341 e. The van der Waals surface area contributed by atoms with Gasteiger partial charge in [-0.15, -0.1) is 0 Å². The number of rotatable bonds is 4. The predicted octanol–water partition coefficient (Wildman–Crippen LogP) is 2.16. The number of nitro groups is 1. The van der Waals surface area contributed by atoms with E-state index in [1.807, 2.05) is 0 Å². The summed E-state index contributed by atoms with van der Waals surface area (Å²) in [4.78, 5) is 33.3. The van der Waals surface area contributed by atoms with Crippen LogP contribution in [0, 0.1) is 10.1 Å². The third-order valence-electron chi connectivity index (χ3n) is 2.83. The van der Waals surface area contributed by atoms with Gasteiger partial charge in [0.25, 0.3) is 11.2 Å². The van der Waals surface area contributed by atoms with Crippen molar-refractivity contribution in [3.8, 4) is 0 Å². The summed E-state index contributed by atoms with van der Waals surface area (Å²) in [5, 5.41) is 20.2. The highest BCUT2D eigenvalue weighted by Crippen LogP contribution is 2.23. The zero-order chi connectivity index (χ0) is 15.6. The lowest BCUT2D eigenvalue weighted by molar-refractivity contribution is -0.385. The zero-order valence-electron chi connectivity index (χ0n) is 10.5. The summed E-state index contributed by atoms with van der Waals surface area (Å²) in [5.41, 5.74) is -1.11. The first kappa shape index (κ1) is 14.7. The minimum atomic E-state index is -1.35. The summed E-state index contributed by atoms with van der Waals surface area (Å²) in [6.45, 7) is -0.142. The van der Waals surface area contributed by atoms with Crippen LogP contribution in [-0.2, 0) is 6.54 Å². The number of carboxylic acids is 1. The molecule has 108 valence electrons. The number of carbonyl (C=O) groups is 1. The molecule has 0 saturated carbocycles. The van der Waals surface area contributed by atoms with E-state index in [-0.39, 0.29) is 22.8 Å². The molecular weight excluding hydrogens is 300 g/mol. The number of pyridine rings is 1. The first-order chi connectivity index (χ1) is 9.90. The molecule has 8 heteroatoms. The van der Waals surface area contributed by atoms with Gasteiger partial charge in [-0.05, 0) is 24.3 Å². The van der Waals surface area contributed by atoms with E-state index in [1.54, 1.807) is 0 Å². The Morgan fingerprint density at radius 2 is 2.10 bits per heavy atom. The molecule has 1 heterocycles. The largest absolute Gasteiger partial charge is 0.477 e. The van der Waals surface area contributed by atoms with Crippen molar-refractivity contribution in [2.24, 2.45) is 0 Å². The molecule has 7 nitrogen and oxygen atoms in total. The summed E-state index contributed by atoms with van der Waals surface area (Å²) in [5.74, 6) is -1.35.